The molecule has 0 bridgehead atoms. The molecule has 0 atom stereocenters. The first-order valence-corrected chi connectivity index (χ1v) is 5.39. The second-order valence-electron chi connectivity index (χ2n) is 3.05. The number of ether oxygens (including phenoxy) is 2. The van der Waals surface area contributed by atoms with E-state index in [1.807, 2.05) is 13.8 Å². The van der Waals surface area contributed by atoms with E-state index in [4.69, 9.17) is 9.47 Å². The lowest BCUT2D eigenvalue weighted by Gasteiger charge is -1.96. The summed E-state index contributed by atoms with van der Waals surface area (Å²) in [5.74, 6) is -0.818. The largest absolute Gasteiger partial charge is 0.463 e. The van der Waals surface area contributed by atoms with E-state index in [-0.39, 0.29) is 0 Å². The average Bonchev–Trinajstić information content (AvgIpc) is 2.29. The molecule has 0 aromatic rings. The van der Waals surface area contributed by atoms with Crippen molar-refractivity contribution in [2.45, 2.75) is 26.7 Å². The molecule has 0 heterocycles. The third-order valence-electron chi connectivity index (χ3n) is 1.47. The predicted octanol–water partition coefficient (Wildman–Crippen LogP) is 2.01. The Kier molecular flexibility index (Phi) is 8.97. The maximum atomic E-state index is 11.0. The molecule has 4 heteroatoms. The fraction of sp³-hybridized carbons (Fsp3) is 0.500. The number of esters is 2. The quantitative estimate of drug-likeness (QED) is 0.378. The molecule has 0 saturated carbocycles. The second kappa shape index (κ2) is 9.96. The van der Waals surface area contributed by atoms with Gasteiger partial charge in [-0.1, -0.05) is 26.0 Å². The van der Waals surface area contributed by atoms with Gasteiger partial charge in [0.2, 0.25) is 0 Å². The summed E-state index contributed by atoms with van der Waals surface area (Å²) in [5.41, 5.74) is 0. The second-order valence-corrected chi connectivity index (χ2v) is 3.05. The summed E-state index contributed by atoms with van der Waals surface area (Å²) in [5, 5.41) is 0. The molecule has 0 aliphatic heterocycles. The third kappa shape index (κ3) is 8.99. The Labute approximate surface area is 95.9 Å². The van der Waals surface area contributed by atoms with Gasteiger partial charge in [0.1, 0.15) is 0 Å². The van der Waals surface area contributed by atoms with Crippen LogP contribution >= 0.6 is 0 Å². The van der Waals surface area contributed by atoms with Crippen LogP contribution in [0.25, 0.3) is 0 Å². The van der Waals surface area contributed by atoms with Crippen molar-refractivity contribution in [2.24, 2.45) is 0 Å². The van der Waals surface area contributed by atoms with Crippen molar-refractivity contribution in [3.8, 4) is 0 Å². The molecule has 0 aromatic heterocycles. The Bertz CT molecular complexity index is 238. The van der Waals surface area contributed by atoms with Gasteiger partial charge in [0.05, 0.1) is 13.2 Å². The van der Waals surface area contributed by atoms with Crippen LogP contribution in [0.5, 0.6) is 0 Å². The van der Waals surface area contributed by atoms with Crippen LogP contribution in [0.3, 0.4) is 0 Å². The van der Waals surface area contributed by atoms with Crippen LogP contribution < -0.4 is 0 Å². The number of carbonyl (C=O) groups excluding carboxylic acids is 2. The lowest BCUT2D eigenvalue weighted by atomic mass is 10.4. The fourth-order valence-corrected chi connectivity index (χ4v) is 0.770. The lowest BCUT2D eigenvalue weighted by Crippen LogP contribution is -2.01. The summed E-state index contributed by atoms with van der Waals surface area (Å²) in [6.45, 7) is 4.65. The van der Waals surface area contributed by atoms with E-state index in [1.165, 1.54) is 24.3 Å². The van der Waals surface area contributed by atoms with Gasteiger partial charge in [0.25, 0.3) is 0 Å². The van der Waals surface area contributed by atoms with E-state index < -0.39 is 11.9 Å². The lowest BCUT2D eigenvalue weighted by molar-refractivity contribution is -0.138. The summed E-state index contributed by atoms with van der Waals surface area (Å²) in [7, 11) is 0. The summed E-state index contributed by atoms with van der Waals surface area (Å²) in [6, 6.07) is 0. The standard InChI is InChI=1S/C12H18O4/c1-3-9-15-11(13)7-5-6-8-12(14)16-10-4-2/h5-8H,3-4,9-10H2,1-2H3/b7-5+,8-6+. The minimum atomic E-state index is -0.409. The smallest absolute Gasteiger partial charge is 0.330 e. The molecule has 0 N–H and O–H groups in total. The molecule has 0 spiro atoms. The average molecular weight is 226 g/mol. The van der Waals surface area contributed by atoms with Gasteiger partial charge in [-0.15, -0.1) is 0 Å². The highest BCUT2D eigenvalue weighted by Crippen LogP contribution is 1.88. The van der Waals surface area contributed by atoms with Crippen molar-refractivity contribution >= 4 is 11.9 Å². The van der Waals surface area contributed by atoms with Crippen LogP contribution in [-0.4, -0.2) is 25.2 Å². The predicted molar refractivity (Wildman–Crippen MR) is 60.8 cm³/mol. The Balaban J connectivity index is 3.76. The number of carbonyl (C=O) groups is 2. The number of allylic oxidation sites excluding steroid dienone is 2. The number of hydrogen-bond acceptors (Lipinski definition) is 4. The van der Waals surface area contributed by atoms with Crippen molar-refractivity contribution in [3.05, 3.63) is 24.3 Å². The summed E-state index contributed by atoms with van der Waals surface area (Å²) in [4.78, 5) is 21.9. The molecule has 0 aliphatic rings. The molecular weight excluding hydrogens is 208 g/mol. The third-order valence-corrected chi connectivity index (χ3v) is 1.47. The van der Waals surface area contributed by atoms with Crippen molar-refractivity contribution in [3.63, 3.8) is 0 Å². The highest BCUT2D eigenvalue weighted by molar-refractivity contribution is 5.84. The molecule has 0 unspecified atom stereocenters. The molecule has 0 aliphatic carbocycles. The normalized spacial score (nSPS) is 10.9. The molecule has 0 rings (SSSR count). The molecule has 0 amide bonds. The monoisotopic (exact) mass is 226 g/mol. The Morgan fingerprint density at radius 1 is 0.875 bits per heavy atom. The minimum absolute atomic E-state index is 0.408. The van der Waals surface area contributed by atoms with Crippen LogP contribution in [-0.2, 0) is 19.1 Å². The van der Waals surface area contributed by atoms with Gasteiger partial charge in [-0.3, -0.25) is 0 Å². The van der Waals surface area contributed by atoms with E-state index in [2.05, 4.69) is 0 Å². The van der Waals surface area contributed by atoms with E-state index in [1.54, 1.807) is 0 Å². The number of hydrogen-bond donors (Lipinski definition) is 0. The maximum Gasteiger partial charge on any atom is 0.330 e. The van der Waals surface area contributed by atoms with Crippen LogP contribution in [0.2, 0.25) is 0 Å². The number of rotatable bonds is 7. The maximum absolute atomic E-state index is 11.0. The van der Waals surface area contributed by atoms with Gasteiger partial charge in [0, 0.05) is 12.2 Å². The van der Waals surface area contributed by atoms with Crippen molar-refractivity contribution in [1.29, 1.82) is 0 Å². The highest BCUT2D eigenvalue weighted by Gasteiger charge is 1.94. The van der Waals surface area contributed by atoms with Crippen LogP contribution in [0.15, 0.2) is 24.3 Å². The molecule has 0 saturated heterocycles. The zero-order chi connectivity index (χ0) is 12.2. The Morgan fingerprint density at radius 2 is 1.25 bits per heavy atom. The summed E-state index contributed by atoms with van der Waals surface area (Å²) >= 11 is 0. The van der Waals surface area contributed by atoms with Crippen molar-refractivity contribution in [1.82, 2.24) is 0 Å². The zero-order valence-electron chi connectivity index (χ0n) is 9.77. The topological polar surface area (TPSA) is 52.6 Å². The van der Waals surface area contributed by atoms with Crippen LogP contribution in [0.4, 0.5) is 0 Å². The van der Waals surface area contributed by atoms with E-state index >= 15 is 0 Å². The molecule has 0 aromatic carbocycles. The van der Waals surface area contributed by atoms with E-state index in [9.17, 15) is 9.59 Å². The van der Waals surface area contributed by atoms with E-state index in [0.717, 1.165) is 12.8 Å². The van der Waals surface area contributed by atoms with Gasteiger partial charge in [-0.05, 0) is 12.8 Å². The highest BCUT2D eigenvalue weighted by atomic mass is 16.5. The zero-order valence-corrected chi connectivity index (χ0v) is 9.77. The van der Waals surface area contributed by atoms with Gasteiger partial charge in [0.15, 0.2) is 0 Å². The molecule has 16 heavy (non-hydrogen) atoms. The van der Waals surface area contributed by atoms with Crippen molar-refractivity contribution in [2.75, 3.05) is 13.2 Å². The molecule has 0 radical (unpaired) electrons. The molecular formula is C12H18O4. The van der Waals surface area contributed by atoms with Gasteiger partial charge >= 0.3 is 11.9 Å². The van der Waals surface area contributed by atoms with Crippen LogP contribution in [0, 0.1) is 0 Å². The van der Waals surface area contributed by atoms with Gasteiger partial charge in [-0.25, -0.2) is 9.59 Å². The SMILES string of the molecule is CCCOC(=O)/C=C/C=C/C(=O)OCCC. The first kappa shape index (κ1) is 14.4. The molecule has 0 fully saturated rings. The summed E-state index contributed by atoms with van der Waals surface area (Å²) in [6.07, 6.45) is 7.01. The van der Waals surface area contributed by atoms with Crippen LogP contribution in [0.1, 0.15) is 26.7 Å². The molecule has 4 nitrogen and oxygen atoms in total. The van der Waals surface area contributed by atoms with Crippen molar-refractivity contribution < 1.29 is 19.1 Å². The fourth-order valence-electron chi connectivity index (χ4n) is 0.770. The summed E-state index contributed by atoms with van der Waals surface area (Å²) < 4.78 is 9.57. The Morgan fingerprint density at radius 3 is 1.56 bits per heavy atom. The Hall–Kier alpha value is -1.58. The first-order valence-electron chi connectivity index (χ1n) is 5.39. The van der Waals surface area contributed by atoms with E-state index in [0.29, 0.717) is 13.2 Å². The van der Waals surface area contributed by atoms with Gasteiger partial charge in [-0.2, -0.15) is 0 Å². The van der Waals surface area contributed by atoms with Gasteiger partial charge < -0.3 is 9.47 Å². The molecule has 90 valence electrons. The minimum Gasteiger partial charge on any atom is -0.463 e. The first-order chi connectivity index (χ1) is 7.70.